The molecular weight excluding hydrogens is 228 g/mol. The maximum Gasteiger partial charge on any atom is 0.0501 e. The van der Waals surface area contributed by atoms with E-state index in [1.807, 2.05) is 0 Å². The van der Waals surface area contributed by atoms with Crippen LogP contribution in [0.3, 0.4) is 0 Å². The molecule has 2 saturated heterocycles. The smallest absolute Gasteiger partial charge is 0.0501 e. The Bertz CT molecular complexity index is 267. The van der Waals surface area contributed by atoms with Crippen molar-refractivity contribution in [3.63, 3.8) is 0 Å². The highest BCUT2D eigenvalue weighted by Crippen LogP contribution is 2.32. The molecular formula is C14H26N2O2. The molecule has 3 fully saturated rings. The van der Waals surface area contributed by atoms with Crippen LogP contribution in [0.1, 0.15) is 25.7 Å². The first kappa shape index (κ1) is 12.9. The fourth-order valence-corrected chi connectivity index (χ4v) is 3.37. The number of nitrogens with zero attached hydrogens (tertiary/aromatic N) is 2. The van der Waals surface area contributed by atoms with Gasteiger partial charge in [0.1, 0.15) is 0 Å². The van der Waals surface area contributed by atoms with Gasteiger partial charge in [-0.15, -0.1) is 0 Å². The van der Waals surface area contributed by atoms with Crippen molar-refractivity contribution in [3.8, 4) is 0 Å². The maximum absolute atomic E-state index is 9.73. The van der Waals surface area contributed by atoms with Crippen molar-refractivity contribution in [3.05, 3.63) is 0 Å². The van der Waals surface area contributed by atoms with Crippen molar-refractivity contribution in [2.45, 2.75) is 31.7 Å². The molecule has 3 rings (SSSR count). The van der Waals surface area contributed by atoms with Crippen molar-refractivity contribution < 1.29 is 9.84 Å². The maximum atomic E-state index is 9.73. The van der Waals surface area contributed by atoms with E-state index in [0.29, 0.717) is 6.61 Å². The van der Waals surface area contributed by atoms with Crippen LogP contribution in [0, 0.1) is 5.41 Å². The molecule has 18 heavy (non-hydrogen) atoms. The normalized spacial score (nSPS) is 30.5. The van der Waals surface area contributed by atoms with Gasteiger partial charge in [-0.05, 0) is 25.7 Å². The van der Waals surface area contributed by atoms with Crippen LogP contribution >= 0.6 is 0 Å². The first-order valence-corrected chi connectivity index (χ1v) is 7.46. The molecule has 1 N–H and O–H groups in total. The van der Waals surface area contributed by atoms with Gasteiger partial charge in [0.05, 0.1) is 6.61 Å². The summed E-state index contributed by atoms with van der Waals surface area (Å²) in [4.78, 5) is 5.20. The number of rotatable bonds is 4. The van der Waals surface area contributed by atoms with Crippen LogP contribution in [-0.4, -0.2) is 73.5 Å². The largest absolute Gasteiger partial charge is 0.396 e. The van der Waals surface area contributed by atoms with Crippen molar-refractivity contribution in [2.75, 3.05) is 52.5 Å². The standard InChI is InChI=1S/C14H26N2O2/c17-12-14(3-9-18-10-4-14)11-15-5-7-16(8-6-15)13-1-2-13/h13,17H,1-12H2. The summed E-state index contributed by atoms with van der Waals surface area (Å²) < 4.78 is 5.43. The third-order valence-electron chi connectivity index (χ3n) is 4.92. The molecule has 0 spiro atoms. The number of aliphatic hydroxyl groups is 1. The number of aliphatic hydroxyl groups excluding tert-OH is 1. The van der Waals surface area contributed by atoms with Crippen LogP contribution < -0.4 is 0 Å². The number of hydrogen-bond acceptors (Lipinski definition) is 4. The fourth-order valence-electron chi connectivity index (χ4n) is 3.37. The van der Waals surface area contributed by atoms with Gasteiger partial charge in [0.25, 0.3) is 0 Å². The monoisotopic (exact) mass is 254 g/mol. The van der Waals surface area contributed by atoms with Gasteiger partial charge in [0, 0.05) is 57.4 Å². The molecule has 0 aromatic carbocycles. The number of ether oxygens (including phenoxy) is 1. The lowest BCUT2D eigenvalue weighted by molar-refractivity contribution is -0.0407. The van der Waals surface area contributed by atoms with Crippen molar-refractivity contribution in [2.24, 2.45) is 5.41 Å². The van der Waals surface area contributed by atoms with Crippen molar-refractivity contribution in [1.29, 1.82) is 0 Å². The summed E-state index contributed by atoms with van der Waals surface area (Å²) in [6.07, 6.45) is 4.87. The summed E-state index contributed by atoms with van der Waals surface area (Å²) in [7, 11) is 0. The Hall–Kier alpha value is -0.160. The van der Waals surface area contributed by atoms with Gasteiger partial charge in [0.15, 0.2) is 0 Å². The summed E-state index contributed by atoms with van der Waals surface area (Å²) >= 11 is 0. The zero-order chi connectivity index (χ0) is 12.4. The van der Waals surface area contributed by atoms with Gasteiger partial charge >= 0.3 is 0 Å². The van der Waals surface area contributed by atoms with E-state index in [0.717, 1.165) is 38.6 Å². The average Bonchev–Trinajstić information content (AvgIpc) is 3.25. The molecule has 2 aliphatic heterocycles. The van der Waals surface area contributed by atoms with Crippen LogP contribution in [0.15, 0.2) is 0 Å². The van der Waals surface area contributed by atoms with Crippen LogP contribution in [0.25, 0.3) is 0 Å². The Labute approximate surface area is 110 Å². The van der Waals surface area contributed by atoms with Gasteiger partial charge in [-0.25, -0.2) is 0 Å². The summed E-state index contributed by atoms with van der Waals surface area (Å²) in [6.45, 7) is 7.83. The zero-order valence-corrected chi connectivity index (χ0v) is 11.3. The Balaban J connectivity index is 1.49. The van der Waals surface area contributed by atoms with E-state index in [-0.39, 0.29) is 5.41 Å². The molecule has 4 heteroatoms. The lowest BCUT2D eigenvalue weighted by Gasteiger charge is -2.42. The third-order valence-corrected chi connectivity index (χ3v) is 4.92. The van der Waals surface area contributed by atoms with E-state index in [2.05, 4.69) is 9.80 Å². The molecule has 3 aliphatic rings. The molecule has 0 aromatic heterocycles. The van der Waals surface area contributed by atoms with Gasteiger partial charge in [-0.2, -0.15) is 0 Å². The highest BCUT2D eigenvalue weighted by Gasteiger charge is 2.36. The Morgan fingerprint density at radius 3 is 2.28 bits per heavy atom. The first-order chi connectivity index (χ1) is 8.81. The van der Waals surface area contributed by atoms with Crippen LogP contribution in [0.4, 0.5) is 0 Å². The number of hydrogen-bond donors (Lipinski definition) is 1. The van der Waals surface area contributed by atoms with Crippen LogP contribution in [-0.2, 0) is 4.74 Å². The van der Waals surface area contributed by atoms with E-state index < -0.39 is 0 Å². The topological polar surface area (TPSA) is 35.9 Å². The lowest BCUT2D eigenvalue weighted by atomic mass is 9.80. The molecule has 104 valence electrons. The minimum atomic E-state index is 0.111. The quantitative estimate of drug-likeness (QED) is 0.795. The van der Waals surface area contributed by atoms with Crippen molar-refractivity contribution >= 4 is 0 Å². The van der Waals surface area contributed by atoms with E-state index in [1.165, 1.54) is 39.0 Å². The summed E-state index contributed by atoms with van der Waals surface area (Å²) in [5.41, 5.74) is 0.111. The lowest BCUT2D eigenvalue weighted by Crippen LogP contribution is -2.52. The zero-order valence-electron chi connectivity index (χ0n) is 11.3. The predicted molar refractivity (Wildman–Crippen MR) is 70.6 cm³/mol. The molecule has 0 bridgehead atoms. The van der Waals surface area contributed by atoms with E-state index >= 15 is 0 Å². The molecule has 0 amide bonds. The third kappa shape index (κ3) is 2.87. The van der Waals surface area contributed by atoms with E-state index in [1.54, 1.807) is 0 Å². The molecule has 0 radical (unpaired) electrons. The summed E-state index contributed by atoms with van der Waals surface area (Å²) in [5, 5.41) is 9.73. The Morgan fingerprint density at radius 2 is 1.72 bits per heavy atom. The van der Waals surface area contributed by atoms with Gasteiger partial charge < -0.3 is 14.7 Å². The minimum absolute atomic E-state index is 0.111. The highest BCUT2D eigenvalue weighted by atomic mass is 16.5. The highest BCUT2D eigenvalue weighted by molar-refractivity contribution is 4.90. The second-order valence-corrected chi connectivity index (χ2v) is 6.31. The van der Waals surface area contributed by atoms with Crippen LogP contribution in [0.2, 0.25) is 0 Å². The van der Waals surface area contributed by atoms with Crippen molar-refractivity contribution in [1.82, 2.24) is 9.80 Å². The average molecular weight is 254 g/mol. The molecule has 0 atom stereocenters. The van der Waals surface area contributed by atoms with Gasteiger partial charge in [-0.1, -0.05) is 0 Å². The summed E-state index contributed by atoms with van der Waals surface area (Å²) in [5.74, 6) is 0. The SMILES string of the molecule is OCC1(CN2CCN(C3CC3)CC2)CCOCC1. The second kappa shape index (κ2) is 5.45. The minimum Gasteiger partial charge on any atom is -0.396 e. The molecule has 4 nitrogen and oxygen atoms in total. The van der Waals surface area contributed by atoms with Gasteiger partial charge in [0.2, 0.25) is 0 Å². The van der Waals surface area contributed by atoms with E-state index in [4.69, 9.17) is 4.74 Å². The molecule has 2 heterocycles. The van der Waals surface area contributed by atoms with E-state index in [9.17, 15) is 5.11 Å². The Morgan fingerprint density at radius 1 is 1.06 bits per heavy atom. The predicted octanol–water partition coefficient (Wildman–Crippen LogP) is 0.556. The Kier molecular flexibility index (Phi) is 3.89. The number of piperazine rings is 1. The molecule has 1 aliphatic carbocycles. The van der Waals surface area contributed by atoms with Crippen LogP contribution in [0.5, 0.6) is 0 Å². The fraction of sp³-hybridized carbons (Fsp3) is 1.00. The molecule has 1 saturated carbocycles. The summed E-state index contributed by atoms with van der Waals surface area (Å²) in [6, 6.07) is 0.905. The first-order valence-electron chi connectivity index (χ1n) is 7.46. The second-order valence-electron chi connectivity index (χ2n) is 6.31. The molecule has 0 aromatic rings. The molecule has 0 unspecified atom stereocenters. The van der Waals surface area contributed by atoms with Gasteiger partial charge in [-0.3, -0.25) is 4.90 Å².